The van der Waals surface area contributed by atoms with E-state index >= 15 is 0 Å². The highest BCUT2D eigenvalue weighted by molar-refractivity contribution is 7.12. The van der Waals surface area contributed by atoms with E-state index in [0.717, 1.165) is 10.7 Å². The van der Waals surface area contributed by atoms with Crippen LogP contribution in [0.3, 0.4) is 0 Å². The first kappa shape index (κ1) is 10.0. The molecular weight excluding hydrogens is 210 g/mol. The van der Waals surface area contributed by atoms with Crippen LogP contribution in [0.1, 0.15) is 25.5 Å². The predicted octanol–water partition coefficient (Wildman–Crippen LogP) is 2.02. The lowest BCUT2D eigenvalue weighted by atomic mass is 10.1. The van der Waals surface area contributed by atoms with Crippen molar-refractivity contribution in [2.24, 2.45) is 0 Å². The molecule has 2 aromatic heterocycles. The smallest absolute Gasteiger partial charge is 0.251 e. The molecule has 5 heteroatoms. The first-order chi connectivity index (χ1) is 7.16. The van der Waals surface area contributed by atoms with Gasteiger partial charge in [-0.3, -0.25) is 4.79 Å². The third-order valence-corrected chi connectivity index (χ3v) is 2.77. The van der Waals surface area contributed by atoms with E-state index in [1.807, 2.05) is 19.2 Å². The van der Waals surface area contributed by atoms with Crippen molar-refractivity contribution >= 4 is 11.3 Å². The van der Waals surface area contributed by atoms with Gasteiger partial charge in [0, 0.05) is 17.6 Å². The van der Waals surface area contributed by atoms with Gasteiger partial charge in [0.1, 0.15) is 0 Å². The number of hydrogen-bond acceptors (Lipinski definition) is 4. The Hall–Kier alpha value is -1.49. The zero-order valence-electron chi connectivity index (χ0n) is 8.52. The van der Waals surface area contributed by atoms with E-state index in [9.17, 15) is 4.79 Å². The first-order valence-electron chi connectivity index (χ1n) is 4.68. The van der Waals surface area contributed by atoms with Gasteiger partial charge in [0.2, 0.25) is 0 Å². The zero-order valence-corrected chi connectivity index (χ0v) is 9.34. The molecule has 78 valence electrons. The molecule has 0 saturated heterocycles. The van der Waals surface area contributed by atoms with Gasteiger partial charge in [-0.2, -0.15) is 0 Å². The molecule has 0 spiro atoms. The second-order valence-corrected chi connectivity index (χ2v) is 4.41. The van der Waals surface area contributed by atoms with Gasteiger partial charge in [-0.1, -0.05) is 13.8 Å². The van der Waals surface area contributed by atoms with Crippen molar-refractivity contribution in [1.29, 1.82) is 0 Å². The Morgan fingerprint density at radius 1 is 1.47 bits per heavy atom. The number of nitrogens with one attached hydrogen (secondary N) is 1. The van der Waals surface area contributed by atoms with Crippen LogP contribution >= 0.6 is 11.3 Å². The second-order valence-electron chi connectivity index (χ2n) is 3.51. The van der Waals surface area contributed by atoms with Crippen molar-refractivity contribution in [2.75, 3.05) is 0 Å². The summed E-state index contributed by atoms with van der Waals surface area (Å²) >= 11 is 1.46. The van der Waals surface area contributed by atoms with Crippen molar-refractivity contribution < 1.29 is 0 Å². The molecule has 4 nitrogen and oxygen atoms in total. The maximum atomic E-state index is 11.4. The molecule has 2 aromatic rings. The summed E-state index contributed by atoms with van der Waals surface area (Å²) in [5, 5.41) is 2.60. The maximum Gasteiger partial charge on any atom is 0.251 e. The summed E-state index contributed by atoms with van der Waals surface area (Å²) in [7, 11) is 0. The summed E-state index contributed by atoms with van der Waals surface area (Å²) in [5.41, 5.74) is 0.669. The summed E-state index contributed by atoms with van der Waals surface area (Å²) in [6, 6.07) is 1.53. The van der Waals surface area contributed by atoms with Crippen LogP contribution in [0.5, 0.6) is 0 Å². The number of nitrogens with zero attached hydrogens (tertiary/aromatic N) is 2. The topological polar surface area (TPSA) is 58.6 Å². The number of hydrogen-bond donors (Lipinski definition) is 1. The number of aromatic nitrogens is 3. The van der Waals surface area contributed by atoms with Crippen LogP contribution in [0.15, 0.2) is 22.4 Å². The summed E-state index contributed by atoms with van der Waals surface area (Å²) in [6.45, 7) is 4.01. The predicted molar refractivity (Wildman–Crippen MR) is 60.1 cm³/mol. The number of rotatable bonds is 2. The highest BCUT2D eigenvalue weighted by atomic mass is 32.1. The van der Waals surface area contributed by atoms with Gasteiger partial charge in [0.05, 0.1) is 5.69 Å². The summed E-state index contributed by atoms with van der Waals surface area (Å²) in [6.07, 6.45) is 1.70. The monoisotopic (exact) mass is 221 g/mol. The SMILES string of the molecule is CC(C)c1cc(=O)[nH]c(-c2nccs2)n1. The zero-order chi connectivity index (χ0) is 10.8. The molecule has 0 fully saturated rings. The van der Waals surface area contributed by atoms with Gasteiger partial charge in [-0.05, 0) is 5.92 Å². The third-order valence-electron chi connectivity index (χ3n) is 1.99. The fourth-order valence-electron chi connectivity index (χ4n) is 1.21. The molecule has 0 unspecified atom stereocenters. The number of thiazole rings is 1. The van der Waals surface area contributed by atoms with Gasteiger partial charge in [0.25, 0.3) is 5.56 Å². The lowest BCUT2D eigenvalue weighted by molar-refractivity contribution is 0.812. The molecule has 0 aromatic carbocycles. The fourth-order valence-corrected chi connectivity index (χ4v) is 1.79. The van der Waals surface area contributed by atoms with Crippen molar-refractivity contribution in [2.45, 2.75) is 19.8 Å². The van der Waals surface area contributed by atoms with Crippen molar-refractivity contribution in [3.63, 3.8) is 0 Å². The molecule has 0 amide bonds. The van der Waals surface area contributed by atoms with E-state index in [1.54, 1.807) is 6.20 Å². The largest absolute Gasteiger partial charge is 0.304 e. The standard InChI is InChI=1S/C10H11N3OS/c1-6(2)7-5-8(14)13-9(12-7)10-11-3-4-15-10/h3-6H,1-2H3,(H,12,13,14). The Morgan fingerprint density at radius 3 is 2.87 bits per heavy atom. The van der Waals surface area contributed by atoms with Crippen LogP contribution in [0, 0.1) is 0 Å². The van der Waals surface area contributed by atoms with E-state index in [0.29, 0.717) is 5.82 Å². The van der Waals surface area contributed by atoms with Crippen LogP contribution in [-0.4, -0.2) is 15.0 Å². The average Bonchev–Trinajstić information content (AvgIpc) is 2.69. The molecule has 0 saturated carbocycles. The van der Waals surface area contributed by atoms with Gasteiger partial charge < -0.3 is 4.98 Å². The Balaban J connectivity index is 2.54. The fraction of sp³-hybridized carbons (Fsp3) is 0.300. The summed E-state index contributed by atoms with van der Waals surface area (Å²) < 4.78 is 0. The molecule has 15 heavy (non-hydrogen) atoms. The van der Waals surface area contributed by atoms with Crippen LogP contribution in [0.25, 0.3) is 10.8 Å². The summed E-state index contributed by atoms with van der Waals surface area (Å²) in [4.78, 5) is 22.6. The van der Waals surface area contributed by atoms with Crippen LogP contribution in [-0.2, 0) is 0 Å². The van der Waals surface area contributed by atoms with Crippen LogP contribution < -0.4 is 5.56 Å². The Bertz CT molecular complexity index is 502. The molecule has 0 aliphatic heterocycles. The summed E-state index contributed by atoms with van der Waals surface area (Å²) in [5.74, 6) is 0.798. The van der Waals surface area contributed by atoms with E-state index in [-0.39, 0.29) is 11.5 Å². The molecule has 1 N–H and O–H groups in total. The van der Waals surface area contributed by atoms with Crippen molar-refractivity contribution in [3.8, 4) is 10.8 Å². The van der Waals surface area contributed by atoms with Gasteiger partial charge in [-0.15, -0.1) is 11.3 Å². The highest BCUT2D eigenvalue weighted by Crippen LogP contribution is 2.18. The van der Waals surface area contributed by atoms with E-state index in [4.69, 9.17) is 0 Å². The molecule has 0 radical (unpaired) electrons. The van der Waals surface area contributed by atoms with E-state index in [2.05, 4.69) is 15.0 Å². The second kappa shape index (κ2) is 3.94. The molecule has 0 atom stereocenters. The highest BCUT2D eigenvalue weighted by Gasteiger charge is 2.08. The number of aromatic amines is 1. The third kappa shape index (κ3) is 2.12. The van der Waals surface area contributed by atoms with E-state index in [1.165, 1.54) is 17.4 Å². The van der Waals surface area contributed by atoms with Gasteiger partial charge >= 0.3 is 0 Å². The minimum Gasteiger partial charge on any atom is -0.304 e. The Kier molecular flexibility index (Phi) is 2.64. The minimum atomic E-state index is -0.126. The minimum absolute atomic E-state index is 0.126. The lowest BCUT2D eigenvalue weighted by Gasteiger charge is -2.04. The van der Waals surface area contributed by atoms with Gasteiger partial charge in [0.15, 0.2) is 10.8 Å². The normalized spacial score (nSPS) is 10.9. The number of H-pyrrole nitrogens is 1. The van der Waals surface area contributed by atoms with Crippen molar-refractivity contribution in [1.82, 2.24) is 15.0 Å². The Morgan fingerprint density at radius 2 is 2.27 bits per heavy atom. The molecule has 0 bridgehead atoms. The molecule has 2 rings (SSSR count). The quantitative estimate of drug-likeness (QED) is 0.844. The molecule has 0 aliphatic rings. The van der Waals surface area contributed by atoms with E-state index < -0.39 is 0 Å². The lowest BCUT2D eigenvalue weighted by Crippen LogP contribution is -2.11. The van der Waals surface area contributed by atoms with Gasteiger partial charge in [-0.25, -0.2) is 9.97 Å². The Labute approximate surface area is 91.0 Å². The van der Waals surface area contributed by atoms with Crippen LogP contribution in [0.2, 0.25) is 0 Å². The maximum absolute atomic E-state index is 11.4. The van der Waals surface area contributed by atoms with Crippen molar-refractivity contribution in [3.05, 3.63) is 33.7 Å². The molecule has 2 heterocycles. The van der Waals surface area contributed by atoms with Crippen LogP contribution in [0.4, 0.5) is 0 Å². The first-order valence-corrected chi connectivity index (χ1v) is 5.56. The molecule has 0 aliphatic carbocycles. The average molecular weight is 221 g/mol. The molecular formula is C10H11N3OS.